The second-order valence-electron chi connectivity index (χ2n) is 5.83. The molecule has 1 unspecified atom stereocenters. The number of aliphatic carboxylic acids is 1. The van der Waals surface area contributed by atoms with Crippen molar-refractivity contribution in [3.8, 4) is 0 Å². The Hall–Kier alpha value is -0.610. The number of nitrogens with one attached hydrogen (secondary N) is 1. The topological polar surface area (TPSA) is 58.6 Å². The van der Waals surface area contributed by atoms with Crippen LogP contribution in [0, 0.1) is 0 Å². The van der Waals surface area contributed by atoms with E-state index < -0.39 is 12.1 Å². The summed E-state index contributed by atoms with van der Waals surface area (Å²) in [6, 6.07) is 0. The Morgan fingerprint density at radius 1 is 0.905 bits per heavy atom. The highest BCUT2D eigenvalue weighted by Gasteiger charge is 2.16. The first-order valence-corrected chi connectivity index (χ1v) is 8.77. The van der Waals surface area contributed by atoms with Crippen molar-refractivity contribution in [2.24, 2.45) is 0 Å². The van der Waals surface area contributed by atoms with Crippen LogP contribution in [0.3, 0.4) is 0 Å². The van der Waals surface area contributed by atoms with E-state index in [0.717, 1.165) is 12.8 Å². The highest BCUT2D eigenvalue weighted by Crippen LogP contribution is 2.13. The molecule has 4 nitrogen and oxygen atoms in total. The number of hydroxylamine groups is 1. The highest BCUT2D eigenvalue weighted by molar-refractivity contribution is 5.72. The first-order chi connectivity index (χ1) is 10.2. The van der Waals surface area contributed by atoms with Gasteiger partial charge in [0, 0.05) is 7.05 Å². The maximum Gasteiger partial charge on any atom is 0.334 e. The minimum absolute atomic E-state index is 0.591. The van der Waals surface area contributed by atoms with Crippen molar-refractivity contribution in [3.05, 3.63) is 0 Å². The Labute approximate surface area is 130 Å². The molecule has 2 N–H and O–H groups in total. The van der Waals surface area contributed by atoms with Gasteiger partial charge in [-0.05, 0) is 6.42 Å². The number of hydrogen-bond acceptors (Lipinski definition) is 3. The van der Waals surface area contributed by atoms with Crippen LogP contribution in [0.1, 0.15) is 90.4 Å². The Bertz CT molecular complexity index is 234. The molecular formula is C17H35NO3. The standard InChI is InChI=1S/C17H35NO3/c1-3-4-5-6-7-8-9-10-11-12-13-14-15-16(17(19)20)21-18-2/h16,18H,3-15H2,1-2H3,(H,19,20). The average Bonchev–Trinajstić information content (AvgIpc) is 2.47. The van der Waals surface area contributed by atoms with E-state index in [1.54, 1.807) is 7.05 Å². The summed E-state index contributed by atoms with van der Waals surface area (Å²) in [6.07, 6.45) is 15.3. The normalized spacial score (nSPS) is 12.5. The van der Waals surface area contributed by atoms with Crippen molar-refractivity contribution < 1.29 is 14.7 Å². The molecule has 0 bridgehead atoms. The second-order valence-corrected chi connectivity index (χ2v) is 5.83. The average molecular weight is 301 g/mol. The lowest BCUT2D eigenvalue weighted by atomic mass is 10.0. The molecule has 0 aromatic heterocycles. The minimum Gasteiger partial charge on any atom is -0.479 e. The molecular weight excluding hydrogens is 266 g/mol. The number of unbranched alkanes of at least 4 members (excludes halogenated alkanes) is 11. The van der Waals surface area contributed by atoms with Crippen LogP contribution in [0.25, 0.3) is 0 Å². The molecule has 4 heteroatoms. The van der Waals surface area contributed by atoms with Gasteiger partial charge in [-0.1, -0.05) is 84.0 Å². The zero-order valence-corrected chi connectivity index (χ0v) is 14.0. The molecule has 0 heterocycles. The van der Waals surface area contributed by atoms with Gasteiger partial charge >= 0.3 is 5.97 Å². The van der Waals surface area contributed by atoms with Crippen LogP contribution in [-0.4, -0.2) is 24.2 Å². The third-order valence-corrected chi connectivity index (χ3v) is 3.86. The fourth-order valence-corrected chi connectivity index (χ4v) is 2.55. The van der Waals surface area contributed by atoms with E-state index in [2.05, 4.69) is 12.4 Å². The molecule has 0 amide bonds. The molecule has 0 aromatic rings. The first kappa shape index (κ1) is 20.4. The van der Waals surface area contributed by atoms with Crippen molar-refractivity contribution >= 4 is 5.97 Å². The summed E-state index contributed by atoms with van der Waals surface area (Å²) in [6.45, 7) is 2.25. The lowest BCUT2D eigenvalue weighted by Gasteiger charge is -2.11. The first-order valence-electron chi connectivity index (χ1n) is 8.77. The van der Waals surface area contributed by atoms with Gasteiger partial charge in [0.05, 0.1) is 0 Å². The Kier molecular flexibility index (Phi) is 15.3. The van der Waals surface area contributed by atoms with Gasteiger partial charge in [0.1, 0.15) is 0 Å². The second kappa shape index (κ2) is 15.8. The highest BCUT2D eigenvalue weighted by atomic mass is 16.7. The molecule has 0 aliphatic heterocycles. The maximum absolute atomic E-state index is 10.9. The van der Waals surface area contributed by atoms with E-state index >= 15 is 0 Å². The summed E-state index contributed by atoms with van der Waals surface area (Å²) in [4.78, 5) is 15.8. The van der Waals surface area contributed by atoms with Crippen molar-refractivity contribution in [2.45, 2.75) is 96.5 Å². The Morgan fingerprint density at radius 2 is 1.33 bits per heavy atom. The summed E-state index contributed by atoms with van der Waals surface area (Å²) < 4.78 is 0. The Morgan fingerprint density at radius 3 is 1.71 bits per heavy atom. The van der Waals surface area contributed by atoms with Crippen LogP contribution in [0.2, 0.25) is 0 Å². The maximum atomic E-state index is 10.9. The van der Waals surface area contributed by atoms with Crippen molar-refractivity contribution in [2.75, 3.05) is 7.05 Å². The van der Waals surface area contributed by atoms with Gasteiger partial charge in [-0.3, -0.25) is 4.84 Å². The van der Waals surface area contributed by atoms with Crippen LogP contribution >= 0.6 is 0 Å². The van der Waals surface area contributed by atoms with Gasteiger partial charge in [-0.2, -0.15) is 0 Å². The lowest BCUT2D eigenvalue weighted by Crippen LogP contribution is -2.28. The zero-order valence-electron chi connectivity index (χ0n) is 14.0. The molecule has 0 saturated heterocycles. The number of carboxylic acid groups (broad SMARTS) is 1. The van der Waals surface area contributed by atoms with Crippen LogP contribution in [0.4, 0.5) is 0 Å². The van der Waals surface area contributed by atoms with Gasteiger partial charge < -0.3 is 5.11 Å². The van der Waals surface area contributed by atoms with E-state index in [9.17, 15) is 4.79 Å². The van der Waals surface area contributed by atoms with Gasteiger partial charge in [0.15, 0.2) is 6.10 Å². The van der Waals surface area contributed by atoms with Gasteiger partial charge in [-0.15, -0.1) is 0 Å². The van der Waals surface area contributed by atoms with Gasteiger partial charge in [0.2, 0.25) is 0 Å². The largest absolute Gasteiger partial charge is 0.479 e. The van der Waals surface area contributed by atoms with Crippen LogP contribution in [0.5, 0.6) is 0 Å². The molecule has 126 valence electrons. The Balaban J connectivity index is 3.23. The van der Waals surface area contributed by atoms with E-state index in [4.69, 9.17) is 9.94 Å². The fraction of sp³-hybridized carbons (Fsp3) is 0.941. The summed E-state index contributed by atoms with van der Waals surface area (Å²) in [5.74, 6) is -0.882. The molecule has 0 fully saturated rings. The molecule has 0 aromatic carbocycles. The molecule has 0 radical (unpaired) electrons. The lowest BCUT2D eigenvalue weighted by molar-refractivity contribution is -0.155. The molecule has 0 spiro atoms. The summed E-state index contributed by atoms with van der Waals surface area (Å²) in [5, 5.41) is 8.92. The molecule has 0 saturated carbocycles. The smallest absolute Gasteiger partial charge is 0.334 e. The molecule has 0 aliphatic rings. The van der Waals surface area contributed by atoms with Crippen LogP contribution < -0.4 is 5.48 Å². The van der Waals surface area contributed by atoms with E-state index in [0.29, 0.717) is 6.42 Å². The zero-order chi connectivity index (χ0) is 15.8. The van der Waals surface area contributed by atoms with Crippen LogP contribution in [0.15, 0.2) is 0 Å². The number of carbonyl (C=O) groups is 1. The van der Waals surface area contributed by atoms with E-state index in [1.165, 1.54) is 64.2 Å². The quantitative estimate of drug-likeness (QED) is 0.321. The van der Waals surface area contributed by atoms with E-state index in [-0.39, 0.29) is 0 Å². The number of hydrogen-bond donors (Lipinski definition) is 2. The third-order valence-electron chi connectivity index (χ3n) is 3.86. The van der Waals surface area contributed by atoms with Gasteiger partial charge in [-0.25, -0.2) is 10.3 Å². The minimum atomic E-state index is -0.882. The summed E-state index contributed by atoms with van der Waals surface area (Å²) >= 11 is 0. The molecule has 21 heavy (non-hydrogen) atoms. The summed E-state index contributed by atoms with van der Waals surface area (Å²) in [7, 11) is 1.60. The van der Waals surface area contributed by atoms with Crippen molar-refractivity contribution in [3.63, 3.8) is 0 Å². The van der Waals surface area contributed by atoms with E-state index in [1.807, 2.05) is 0 Å². The van der Waals surface area contributed by atoms with Crippen molar-refractivity contribution in [1.29, 1.82) is 0 Å². The predicted molar refractivity (Wildman–Crippen MR) is 87.3 cm³/mol. The number of rotatable bonds is 16. The molecule has 1 atom stereocenters. The predicted octanol–water partition coefficient (Wildman–Crippen LogP) is 4.68. The monoisotopic (exact) mass is 301 g/mol. The SMILES string of the molecule is CCCCCCCCCCCCCCC(ONC)C(=O)O. The molecule has 0 aliphatic carbocycles. The summed E-state index contributed by atoms with van der Waals surface area (Å²) in [5.41, 5.74) is 2.46. The molecule has 0 rings (SSSR count). The third kappa shape index (κ3) is 14.1. The van der Waals surface area contributed by atoms with Gasteiger partial charge in [0.25, 0.3) is 0 Å². The van der Waals surface area contributed by atoms with Crippen molar-refractivity contribution in [1.82, 2.24) is 5.48 Å². The number of carboxylic acids is 1. The fourth-order valence-electron chi connectivity index (χ4n) is 2.55. The van der Waals surface area contributed by atoms with Crippen LogP contribution in [-0.2, 0) is 9.63 Å².